The molecule has 0 aromatic carbocycles. The van der Waals surface area contributed by atoms with Crippen molar-refractivity contribution in [2.75, 3.05) is 0 Å². The van der Waals surface area contributed by atoms with Gasteiger partial charge < -0.3 is 0 Å². The van der Waals surface area contributed by atoms with Gasteiger partial charge in [0.1, 0.15) is 0 Å². The smallest absolute Gasteiger partial charge is 0.0736 e. The van der Waals surface area contributed by atoms with Crippen LogP contribution in [0.2, 0.25) is 0 Å². The van der Waals surface area contributed by atoms with Crippen molar-refractivity contribution in [1.82, 2.24) is 14.8 Å². The Hall–Kier alpha value is -1.64. The molecule has 0 saturated carbocycles. The zero-order valence-corrected chi connectivity index (χ0v) is 7.73. The van der Waals surface area contributed by atoms with Gasteiger partial charge in [-0.25, -0.2) is 0 Å². The number of hydrogen-bond donors (Lipinski definition) is 0. The summed E-state index contributed by atoms with van der Waals surface area (Å²) in [5.41, 5.74) is 3.09. The summed E-state index contributed by atoms with van der Waals surface area (Å²) >= 11 is 0. The minimum atomic E-state index is 0.980. The first-order valence-corrected chi connectivity index (χ1v) is 4.19. The van der Waals surface area contributed by atoms with Gasteiger partial charge in [0.2, 0.25) is 0 Å². The Labute approximate surface area is 77.0 Å². The van der Waals surface area contributed by atoms with Crippen molar-refractivity contribution in [3.8, 4) is 11.3 Å². The second kappa shape index (κ2) is 3.01. The quantitative estimate of drug-likeness (QED) is 0.658. The molecule has 0 radical (unpaired) electrons. The highest BCUT2D eigenvalue weighted by atomic mass is 15.2. The molecule has 2 aromatic rings. The van der Waals surface area contributed by atoms with Crippen molar-refractivity contribution in [3.05, 3.63) is 36.3 Å². The van der Waals surface area contributed by atoms with Crippen LogP contribution in [0.3, 0.4) is 0 Å². The minimum Gasteiger partial charge on any atom is -0.275 e. The largest absolute Gasteiger partial charge is 0.275 e. The number of aryl methyl sites for hydroxylation is 2. The SMILES string of the molecule is Cc1nn(C)cc1-c1ccccn1. The van der Waals surface area contributed by atoms with Crippen LogP contribution in [0.5, 0.6) is 0 Å². The molecule has 0 aliphatic carbocycles. The van der Waals surface area contributed by atoms with Gasteiger partial charge in [0, 0.05) is 25.0 Å². The van der Waals surface area contributed by atoms with E-state index in [9.17, 15) is 0 Å². The van der Waals surface area contributed by atoms with Gasteiger partial charge in [0.25, 0.3) is 0 Å². The lowest BCUT2D eigenvalue weighted by Gasteiger charge is -1.95. The molecule has 0 bridgehead atoms. The van der Waals surface area contributed by atoms with E-state index in [4.69, 9.17) is 0 Å². The van der Waals surface area contributed by atoms with Crippen LogP contribution in [0.15, 0.2) is 30.6 Å². The van der Waals surface area contributed by atoms with Gasteiger partial charge in [0.05, 0.1) is 11.4 Å². The highest BCUT2D eigenvalue weighted by Gasteiger charge is 2.05. The molecule has 0 spiro atoms. The molecule has 0 fully saturated rings. The van der Waals surface area contributed by atoms with Crippen molar-refractivity contribution in [2.24, 2.45) is 7.05 Å². The lowest BCUT2D eigenvalue weighted by atomic mass is 10.2. The molecule has 3 heteroatoms. The molecule has 2 aromatic heterocycles. The van der Waals surface area contributed by atoms with Crippen LogP contribution in [-0.2, 0) is 7.05 Å². The van der Waals surface area contributed by atoms with Gasteiger partial charge in [-0.3, -0.25) is 9.67 Å². The van der Waals surface area contributed by atoms with Crippen molar-refractivity contribution in [2.45, 2.75) is 6.92 Å². The molecule has 0 unspecified atom stereocenters. The molecule has 0 atom stereocenters. The summed E-state index contributed by atoms with van der Waals surface area (Å²) in [6.45, 7) is 1.99. The molecule has 3 nitrogen and oxygen atoms in total. The van der Waals surface area contributed by atoms with E-state index in [1.54, 1.807) is 10.9 Å². The van der Waals surface area contributed by atoms with E-state index >= 15 is 0 Å². The van der Waals surface area contributed by atoms with E-state index in [0.29, 0.717) is 0 Å². The van der Waals surface area contributed by atoms with E-state index in [0.717, 1.165) is 17.0 Å². The zero-order valence-electron chi connectivity index (χ0n) is 7.73. The summed E-state index contributed by atoms with van der Waals surface area (Å²) in [6, 6.07) is 5.88. The Morgan fingerprint density at radius 1 is 1.31 bits per heavy atom. The zero-order chi connectivity index (χ0) is 9.26. The Kier molecular flexibility index (Phi) is 1.85. The fourth-order valence-corrected chi connectivity index (χ4v) is 1.37. The minimum absolute atomic E-state index is 0.980. The van der Waals surface area contributed by atoms with E-state index in [-0.39, 0.29) is 0 Å². The summed E-state index contributed by atoms with van der Waals surface area (Å²) in [6.07, 6.45) is 3.78. The maximum Gasteiger partial charge on any atom is 0.0736 e. The van der Waals surface area contributed by atoms with E-state index in [2.05, 4.69) is 10.1 Å². The fourth-order valence-electron chi connectivity index (χ4n) is 1.37. The van der Waals surface area contributed by atoms with E-state index < -0.39 is 0 Å². The van der Waals surface area contributed by atoms with Gasteiger partial charge in [0.15, 0.2) is 0 Å². The molecule has 66 valence electrons. The van der Waals surface area contributed by atoms with E-state index in [1.165, 1.54) is 0 Å². The van der Waals surface area contributed by atoms with Crippen LogP contribution in [0.4, 0.5) is 0 Å². The monoisotopic (exact) mass is 173 g/mol. The molecule has 2 heterocycles. The van der Waals surface area contributed by atoms with Gasteiger partial charge in [-0.2, -0.15) is 5.10 Å². The second-order valence-electron chi connectivity index (χ2n) is 3.02. The molecule has 0 N–H and O–H groups in total. The van der Waals surface area contributed by atoms with Gasteiger partial charge in [-0.1, -0.05) is 6.07 Å². The van der Waals surface area contributed by atoms with Crippen LogP contribution in [0, 0.1) is 6.92 Å². The van der Waals surface area contributed by atoms with Crippen LogP contribution in [0.25, 0.3) is 11.3 Å². The van der Waals surface area contributed by atoms with Crippen LogP contribution in [0.1, 0.15) is 5.69 Å². The van der Waals surface area contributed by atoms with Crippen molar-refractivity contribution >= 4 is 0 Å². The second-order valence-corrected chi connectivity index (χ2v) is 3.02. The lowest BCUT2D eigenvalue weighted by molar-refractivity contribution is 0.756. The summed E-state index contributed by atoms with van der Waals surface area (Å²) in [5.74, 6) is 0. The van der Waals surface area contributed by atoms with Crippen molar-refractivity contribution < 1.29 is 0 Å². The van der Waals surface area contributed by atoms with Crippen LogP contribution in [-0.4, -0.2) is 14.8 Å². The number of rotatable bonds is 1. The molecular weight excluding hydrogens is 162 g/mol. The van der Waals surface area contributed by atoms with Gasteiger partial charge in [-0.05, 0) is 19.1 Å². The van der Waals surface area contributed by atoms with Gasteiger partial charge in [-0.15, -0.1) is 0 Å². The Balaban J connectivity index is 2.53. The third-order valence-corrected chi connectivity index (χ3v) is 1.95. The number of nitrogens with zero attached hydrogens (tertiary/aromatic N) is 3. The number of pyridine rings is 1. The Bertz CT molecular complexity index is 403. The molecule has 13 heavy (non-hydrogen) atoms. The molecule has 2 rings (SSSR count). The number of hydrogen-bond acceptors (Lipinski definition) is 2. The average molecular weight is 173 g/mol. The maximum atomic E-state index is 4.27. The lowest BCUT2D eigenvalue weighted by Crippen LogP contribution is -1.86. The first-order chi connectivity index (χ1) is 6.27. The first kappa shape index (κ1) is 7.98. The Morgan fingerprint density at radius 2 is 2.15 bits per heavy atom. The first-order valence-electron chi connectivity index (χ1n) is 4.19. The molecule has 0 aliphatic heterocycles. The molecular formula is C10H11N3. The van der Waals surface area contributed by atoms with Crippen LogP contribution < -0.4 is 0 Å². The summed E-state index contributed by atoms with van der Waals surface area (Å²) in [7, 11) is 1.92. The van der Waals surface area contributed by atoms with E-state index in [1.807, 2.05) is 38.4 Å². The topological polar surface area (TPSA) is 30.7 Å². The predicted octanol–water partition coefficient (Wildman–Crippen LogP) is 1.79. The third kappa shape index (κ3) is 1.45. The molecule has 0 saturated heterocycles. The van der Waals surface area contributed by atoms with Crippen LogP contribution >= 0.6 is 0 Å². The predicted molar refractivity (Wildman–Crippen MR) is 51.2 cm³/mol. The normalized spacial score (nSPS) is 10.3. The highest BCUT2D eigenvalue weighted by molar-refractivity contribution is 5.60. The summed E-state index contributed by atoms with van der Waals surface area (Å²) in [4.78, 5) is 4.27. The molecule has 0 aliphatic rings. The third-order valence-electron chi connectivity index (χ3n) is 1.95. The van der Waals surface area contributed by atoms with Gasteiger partial charge >= 0.3 is 0 Å². The summed E-state index contributed by atoms with van der Waals surface area (Å²) in [5, 5.41) is 4.26. The van der Waals surface area contributed by atoms with Crippen molar-refractivity contribution in [3.63, 3.8) is 0 Å². The fraction of sp³-hybridized carbons (Fsp3) is 0.200. The maximum absolute atomic E-state index is 4.27. The molecule has 0 amide bonds. The van der Waals surface area contributed by atoms with Crippen molar-refractivity contribution in [1.29, 1.82) is 0 Å². The highest BCUT2D eigenvalue weighted by Crippen LogP contribution is 2.18. The summed E-state index contributed by atoms with van der Waals surface area (Å²) < 4.78 is 1.80. The Morgan fingerprint density at radius 3 is 2.69 bits per heavy atom. The average Bonchev–Trinajstić information content (AvgIpc) is 2.47. The standard InChI is InChI=1S/C10H11N3/c1-8-9(7-13(2)12-8)10-5-3-4-6-11-10/h3-7H,1-2H3. The number of aromatic nitrogens is 3.